The molecular weight excluding hydrogens is 284 g/mol. The fourth-order valence-electron chi connectivity index (χ4n) is 1.71. The number of hydrogen-bond donors (Lipinski definition) is 0. The molecule has 1 unspecified atom stereocenters. The maximum Gasteiger partial charge on any atom is 0.335 e. The number of rotatable bonds is 5. The fourth-order valence-corrected chi connectivity index (χ4v) is 2.11. The Labute approximate surface area is 109 Å². The standard InChI is InChI=1S/C13H15BrO3/c1-16-13(15)12(9-6-7-9)17-8-10-4-2-3-5-11(10)14/h2-5,9,12H,6-8H2,1H3. The third-order valence-corrected chi connectivity index (χ3v) is 3.63. The molecule has 92 valence electrons. The van der Waals surface area contributed by atoms with Crippen LogP contribution >= 0.6 is 15.9 Å². The lowest BCUT2D eigenvalue weighted by Crippen LogP contribution is -2.27. The molecule has 1 fully saturated rings. The maximum absolute atomic E-state index is 11.5. The van der Waals surface area contributed by atoms with E-state index in [0.717, 1.165) is 22.9 Å². The van der Waals surface area contributed by atoms with Crippen molar-refractivity contribution in [2.24, 2.45) is 5.92 Å². The average molecular weight is 299 g/mol. The molecule has 2 rings (SSSR count). The van der Waals surface area contributed by atoms with E-state index >= 15 is 0 Å². The fraction of sp³-hybridized carbons (Fsp3) is 0.462. The van der Waals surface area contributed by atoms with E-state index in [9.17, 15) is 4.79 Å². The quantitative estimate of drug-likeness (QED) is 0.784. The smallest absolute Gasteiger partial charge is 0.335 e. The Kier molecular flexibility index (Phi) is 4.18. The first-order chi connectivity index (χ1) is 8.22. The Morgan fingerprint density at radius 3 is 2.76 bits per heavy atom. The second-order valence-electron chi connectivity index (χ2n) is 4.18. The Bertz CT molecular complexity index is 401. The van der Waals surface area contributed by atoms with Crippen LogP contribution in [-0.2, 0) is 20.9 Å². The molecule has 0 heterocycles. The van der Waals surface area contributed by atoms with Crippen LogP contribution in [-0.4, -0.2) is 19.2 Å². The summed E-state index contributed by atoms with van der Waals surface area (Å²) in [6.45, 7) is 0.428. The predicted octanol–water partition coefficient (Wildman–Crippen LogP) is 2.92. The molecule has 17 heavy (non-hydrogen) atoms. The summed E-state index contributed by atoms with van der Waals surface area (Å²) in [5, 5.41) is 0. The van der Waals surface area contributed by atoms with Gasteiger partial charge in [-0.1, -0.05) is 34.1 Å². The minimum atomic E-state index is -0.410. The summed E-state index contributed by atoms with van der Waals surface area (Å²) >= 11 is 3.46. The Balaban J connectivity index is 1.95. The number of ether oxygens (including phenoxy) is 2. The van der Waals surface area contributed by atoms with Crippen molar-refractivity contribution in [3.63, 3.8) is 0 Å². The molecule has 1 aromatic rings. The molecule has 1 aromatic carbocycles. The number of halogens is 1. The molecule has 4 heteroatoms. The van der Waals surface area contributed by atoms with Crippen LogP contribution in [0.5, 0.6) is 0 Å². The van der Waals surface area contributed by atoms with Crippen LogP contribution in [0, 0.1) is 5.92 Å². The number of hydrogen-bond acceptors (Lipinski definition) is 3. The monoisotopic (exact) mass is 298 g/mol. The van der Waals surface area contributed by atoms with Gasteiger partial charge in [0.2, 0.25) is 0 Å². The highest BCUT2D eigenvalue weighted by atomic mass is 79.9. The first-order valence-electron chi connectivity index (χ1n) is 5.65. The summed E-state index contributed by atoms with van der Waals surface area (Å²) in [7, 11) is 1.40. The minimum absolute atomic E-state index is 0.264. The summed E-state index contributed by atoms with van der Waals surface area (Å²) in [5.41, 5.74) is 1.04. The molecule has 1 aliphatic carbocycles. The van der Waals surface area contributed by atoms with Gasteiger partial charge in [-0.25, -0.2) is 4.79 Å². The molecule has 0 amide bonds. The van der Waals surface area contributed by atoms with Crippen molar-refractivity contribution in [1.82, 2.24) is 0 Å². The number of carbonyl (C=O) groups is 1. The van der Waals surface area contributed by atoms with Crippen molar-refractivity contribution in [1.29, 1.82) is 0 Å². The Hall–Kier alpha value is -0.870. The van der Waals surface area contributed by atoms with Crippen molar-refractivity contribution < 1.29 is 14.3 Å². The molecule has 0 N–H and O–H groups in total. The molecule has 0 aromatic heterocycles. The average Bonchev–Trinajstić information content (AvgIpc) is 3.15. The van der Waals surface area contributed by atoms with E-state index in [-0.39, 0.29) is 5.97 Å². The van der Waals surface area contributed by atoms with Crippen LogP contribution in [0.1, 0.15) is 18.4 Å². The van der Waals surface area contributed by atoms with E-state index in [2.05, 4.69) is 15.9 Å². The third-order valence-electron chi connectivity index (χ3n) is 2.86. The van der Waals surface area contributed by atoms with Crippen LogP contribution in [0.2, 0.25) is 0 Å². The van der Waals surface area contributed by atoms with Crippen molar-refractivity contribution >= 4 is 21.9 Å². The molecule has 1 atom stereocenters. The third kappa shape index (κ3) is 3.30. The Morgan fingerprint density at radius 2 is 2.18 bits per heavy atom. The number of methoxy groups -OCH3 is 1. The summed E-state index contributed by atoms with van der Waals surface area (Å²) in [4.78, 5) is 11.5. The van der Waals surface area contributed by atoms with Gasteiger partial charge in [-0.05, 0) is 30.4 Å². The van der Waals surface area contributed by atoms with Crippen molar-refractivity contribution in [3.8, 4) is 0 Å². The van der Waals surface area contributed by atoms with E-state index in [1.165, 1.54) is 7.11 Å². The molecule has 0 aliphatic heterocycles. The summed E-state index contributed by atoms with van der Waals surface area (Å²) < 4.78 is 11.4. The van der Waals surface area contributed by atoms with Crippen molar-refractivity contribution in [2.45, 2.75) is 25.6 Å². The number of esters is 1. The van der Waals surface area contributed by atoms with Gasteiger partial charge in [0.1, 0.15) is 0 Å². The first kappa shape index (κ1) is 12.6. The van der Waals surface area contributed by atoms with Crippen LogP contribution < -0.4 is 0 Å². The normalized spacial score (nSPS) is 16.6. The zero-order valence-corrected chi connectivity index (χ0v) is 11.3. The van der Waals surface area contributed by atoms with Gasteiger partial charge in [0, 0.05) is 4.47 Å². The lowest BCUT2D eigenvalue weighted by atomic mass is 10.2. The second kappa shape index (κ2) is 5.65. The van der Waals surface area contributed by atoms with Crippen molar-refractivity contribution in [3.05, 3.63) is 34.3 Å². The van der Waals surface area contributed by atoms with E-state index in [1.54, 1.807) is 0 Å². The number of carbonyl (C=O) groups excluding carboxylic acids is 1. The molecule has 0 saturated heterocycles. The zero-order valence-electron chi connectivity index (χ0n) is 9.69. The number of benzene rings is 1. The SMILES string of the molecule is COC(=O)C(OCc1ccccc1Br)C1CC1. The minimum Gasteiger partial charge on any atom is -0.467 e. The van der Waals surface area contributed by atoms with Gasteiger partial charge < -0.3 is 9.47 Å². The topological polar surface area (TPSA) is 35.5 Å². The van der Waals surface area contributed by atoms with E-state index < -0.39 is 6.10 Å². The highest BCUT2D eigenvalue weighted by Gasteiger charge is 2.37. The van der Waals surface area contributed by atoms with Gasteiger partial charge in [0.15, 0.2) is 6.10 Å². The molecular formula is C13H15BrO3. The first-order valence-corrected chi connectivity index (χ1v) is 6.44. The molecule has 0 bridgehead atoms. The summed E-state index contributed by atoms with van der Waals surface area (Å²) in [6, 6.07) is 7.84. The van der Waals surface area contributed by atoms with Gasteiger partial charge in [-0.15, -0.1) is 0 Å². The zero-order chi connectivity index (χ0) is 12.3. The Morgan fingerprint density at radius 1 is 1.47 bits per heavy atom. The van der Waals surface area contributed by atoms with E-state index in [1.807, 2.05) is 24.3 Å². The highest BCUT2D eigenvalue weighted by molar-refractivity contribution is 9.10. The predicted molar refractivity (Wildman–Crippen MR) is 67.5 cm³/mol. The largest absolute Gasteiger partial charge is 0.467 e. The molecule has 1 aliphatic rings. The summed E-state index contributed by atoms with van der Waals surface area (Å²) in [5.74, 6) is 0.0736. The van der Waals surface area contributed by atoms with Gasteiger partial charge in [-0.2, -0.15) is 0 Å². The second-order valence-corrected chi connectivity index (χ2v) is 5.04. The molecule has 0 spiro atoms. The van der Waals surface area contributed by atoms with Crippen molar-refractivity contribution in [2.75, 3.05) is 7.11 Å². The van der Waals surface area contributed by atoms with Gasteiger partial charge in [-0.3, -0.25) is 0 Å². The molecule has 3 nitrogen and oxygen atoms in total. The van der Waals surface area contributed by atoms with E-state index in [4.69, 9.17) is 9.47 Å². The molecule has 0 radical (unpaired) electrons. The van der Waals surface area contributed by atoms with Crippen LogP contribution in [0.4, 0.5) is 0 Å². The lowest BCUT2D eigenvalue weighted by molar-refractivity contribution is -0.156. The van der Waals surface area contributed by atoms with Gasteiger partial charge >= 0.3 is 5.97 Å². The molecule has 1 saturated carbocycles. The van der Waals surface area contributed by atoms with E-state index in [0.29, 0.717) is 12.5 Å². The maximum atomic E-state index is 11.5. The van der Waals surface area contributed by atoms with Gasteiger partial charge in [0.25, 0.3) is 0 Å². The van der Waals surface area contributed by atoms with Crippen LogP contribution in [0.3, 0.4) is 0 Å². The van der Waals surface area contributed by atoms with Gasteiger partial charge in [0.05, 0.1) is 13.7 Å². The van der Waals surface area contributed by atoms with Crippen LogP contribution in [0.15, 0.2) is 28.7 Å². The highest BCUT2D eigenvalue weighted by Crippen LogP contribution is 2.35. The summed E-state index contributed by atoms with van der Waals surface area (Å²) in [6.07, 6.45) is 1.69. The lowest BCUT2D eigenvalue weighted by Gasteiger charge is -2.15. The van der Waals surface area contributed by atoms with Crippen LogP contribution in [0.25, 0.3) is 0 Å².